The lowest BCUT2D eigenvalue weighted by molar-refractivity contribution is -0.384. The molecule has 4 rings (SSSR count). The van der Waals surface area contributed by atoms with Crippen LogP contribution in [0.4, 0.5) is 5.69 Å². The second-order valence-electron chi connectivity index (χ2n) is 9.49. The van der Waals surface area contributed by atoms with Crippen LogP contribution >= 0.6 is 0 Å². The Kier molecular flexibility index (Phi) is 7.85. The summed E-state index contributed by atoms with van der Waals surface area (Å²) >= 11 is 0. The number of nitro groups is 1. The molecule has 0 saturated heterocycles. The average Bonchev–Trinajstić information content (AvgIpc) is 2.93. The fourth-order valence-corrected chi connectivity index (χ4v) is 4.31. The standard InChI is InChI=1S/C29H30N4O5/c1-19(2)17-18-31(28(34)21-9-11-23(12-10-21)33(36)37)20(3)27-30-26-8-6-5-7-25(26)29(35)32(27)22-13-15-24(38-4)16-14-22/h5-16,19-20H,17-18H2,1-4H3. The molecule has 0 aliphatic carbocycles. The number of para-hydroxylation sites is 1. The van der Waals surface area contributed by atoms with Crippen molar-refractivity contribution in [2.45, 2.75) is 33.2 Å². The first kappa shape index (κ1) is 26.5. The van der Waals surface area contributed by atoms with Crippen molar-refractivity contribution in [2.24, 2.45) is 5.92 Å². The molecule has 1 unspecified atom stereocenters. The van der Waals surface area contributed by atoms with Crippen LogP contribution in [0.2, 0.25) is 0 Å². The minimum Gasteiger partial charge on any atom is -0.497 e. The van der Waals surface area contributed by atoms with Crippen LogP contribution in [0.3, 0.4) is 0 Å². The molecule has 0 spiro atoms. The number of hydrogen-bond donors (Lipinski definition) is 0. The lowest BCUT2D eigenvalue weighted by Crippen LogP contribution is -2.38. The lowest BCUT2D eigenvalue weighted by Gasteiger charge is -2.31. The molecule has 0 N–H and O–H groups in total. The summed E-state index contributed by atoms with van der Waals surface area (Å²) < 4.78 is 6.82. The fraction of sp³-hybridized carbons (Fsp3) is 0.276. The Hall–Kier alpha value is -4.53. The summed E-state index contributed by atoms with van der Waals surface area (Å²) in [7, 11) is 1.57. The normalized spacial score (nSPS) is 11.9. The van der Waals surface area contributed by atoms with Gasteiger partial charge in [-0.2, -0.15) is 0 Å². The van der Waals surface area contributed by atoms with E-state index in [0.29, 0.717) is 46.2 Å². The van der Waals surface area contributed by atoms with Gasteiger partial charge in [0, 0.05) is 24.2 Å². The largest absolute Gasteiger partial charge is 0.497 e. The maximum Gasteiger partial charge on any atom is 0.269 e. The quantitative estimate of drug-likeness (QED) is 0.214. The van der Waals surface area contributed by atoms with Gasteiger partial charge in [0.05, 0.1) is 34.7 Å². The zero-order valence-corrected chi connectivity index (χ0v) is 21.8. The molecule has 9 nitrogen and oxygen atoms in total. The van der Waals surface area contributed by atoms with Gasteiger partial charge in [0.1, 0.15) is 11.6 Å². The van der Waals surface area contributed by atoms with Crippen molar-refractivity contribution >= 4 is 22.5 Å². The fourth-order valence-electron chi connectivity index (χ4n) is 4.31. The van der Waals surface area contributed by atoms with E-state index >= 15 is 0 Å². The van der Waals surface area contributed by atoms with Crippen molar-refractivity contribution in [1.82, 2.24) is 14.5 Å². The summed E-state index contributed by atoms with van der Waals surface area (Å²) in [5.74, 6) is 1.09. The number of hydrogen-bond acceptors (Lipinski definition) is 6. The predicted molar refractivity (Wildman–Crippen MR) is 146 cm³/mol. The van der Waals surface area contributed by atoms with Gasteiger partial charge in [0.15, 0.2) is 0 Å². The van der Waals surface area contributed by atoms with Gasteiger partial charge in [0.2, 0.25) is 0 Å². The van der Waals surface area contributed by atoms with E-state index < -0.39 is 11.0 Å². The third-order valence-corrected chi connectivity index (χ3v) is 6.51. The number of amides is 1. The van der Waals surface area contributed by atoms with Gasteiger partial charge in [-0.05, 0) is 67.8 Å². The Morgan fingerprint density at radius 3 is 2.29 bits per heavy atom. The Labute approximate surface area is 220 Å². The summed E-state index contributed by atoms with van der Waals surface area (Å²) in [5, 5.41) is 11.6. The van der Waals surface area contributed by atoms with Crippen LogP contribution in [0.1, 0.15) is 49.4 Å². The molecule has 1 amide bonds. The van der Waals surface area contributed by atoms with Crippen molar-refractivity contribution in [1.29, 1.82) is 0 Å². The van der Waals surface area contributed by atoms with Crippen LogP contribution in [-0.4, -0.2) is 38.9 Å². The molecule has 1 aromatic heterocycles. The first-order valence-electron chi connectivity index (χ1n) is 12.4. The number of nitro benzene ring substituents is 1. The van der Waals surface area contributed by atoms with Crippen molar-refractivity contribution in [3.63, 3.8) is 0 Å². The first-order chi connectivity index (χ1) is 18.2. The van der Waals surface area contributed by atoms with Crippen molar-refractivity contribution in [2.75, 3.05) is 13.7 Å². The molecule has 3 aromatic carbocycles. The van der Waals surface area contributed by atoms with Crippen LogP contribution in [-0.2, 0) is 0 Å². The van der Waals surface area contributed by atoms with Gasteiger partial charge in [-0.15, -0.1) is 0 Å². The van der Waals surface area contributed by atoms with Crippen LogP contribution in [0.5, 0.6) is 5.75 Å². The van der Waals surface area contributed by atoms with Crippen LogP contribution in [0.15, 0.2) is 77.6 Å². The van der Waals surface area contributed by atoms with Gasteiger partial charge in [-0.25, -0.2) is 4.98 Å². The highest BCUT2D eigenvalue weighted by molar-refractivity contribution is 5.94. The van der Waals surface area contributed by atoms with Gasteiger partial charge in [0.25, 0.3) is 17.2 Å². The van der Waals surface area contributed by atoms with E-state index in [1.807, 2.05) is 13.0 Å². The number of carbonyl (C=O) groups excluding carboxylic acids is 1. The number of ether oxygens (including phenoxy) is 1. The molecule has 0 radical (unpaired) electrons. The highest BCUT2D eigenvalue weighted by Crippen LogP contribution is 2.26. The van der Waals surface area contributed by atoms with Gasteiger partial charge >= 0.3 is 0 Å². The van der Waals surface area contributed by atoms with E-state index in [1.165, 1.54) is 28.8 Å². The van der Waals surface area contributed by atoms with E-state index in [-0.39, 0.29) is 17.2 Å². The topological polar surface area (TPSA) is 108 Å². The molecule has 38 heavy (non-hydrogen) atoms. The number of fused-ring (bicyclic) bond motifs is 1. The van der Waals surface area contributed by atoms with Crippen molar-refractivity contribution in [3.8, 4) is 11.4 Å². The number of nitrogens with zero attached hydrogens (tertiary/aromatic N) is 4. The molecule has 0 saturated carbocycles. The molecule has 0 aliphatic rings. The smallest absolute Gasteiger partial charge is 0.269 e. The van der Waals surface area contributed by atoms with Gasteiger partial charge in [-0.3, -0.25) is 24.3 Å². The number of non-ortho nitro benzene ring substituents is 1. The minimum absolute atomic E-state index is 0.0899. The number of rotatable bonds is 9. The summed E-state index contributed by atoms with van der Waals surface area (Å²) in [6.07, 6.45) is 0.726. The number of carbonyl (C=O) groups is 1. The predicted octanol–water partition coefficient (Wildman–Crippen LogP) is 5.55. The molecule has 0 aliphatic heterocycles. The third-order valence-electron chi connectivity index (χ3n) is 6.51. The van der Waals surface area contributed by atoms with E-state index in [0.717, 1.165) is 6.42 Å². The minimum atomic E-state index is -0.587. The maximum atomic E-state index is 13.8. The number of benzene rings is 3. The molecule has 1 atom stereocenters. The Bertz CT molecular complexity index is 1510. The molecule has 196 valence electrons. The lowest BCUT2D eigenvalue weighted by atomic mass is 10.1. The monoisotopic (exact) mass is 514 g/mol. The molecule has 0 fully saturated rings. The van der Waals surface area contributed by atoms with E-state index in [4.69, 9.17) is 9.72 Å². The second kappa shape index (κ2) is 11.2. The molecule has 4 aromatic rings. The van der Waals surface area contributed by atoms with Crippen LogP contribution < -0.4 is 10.3 Å². The average molecular weight is 515 g/mol. The van der Waals surface area contributed by atoms with Gasteiger partial charge in [-0.1, -0.05) is 26.0 Å². The zero-order valence-electron chi connectivity index (χ0n) is 21.8. The second-order valence-corrected chi connectivity index (χ2v) is 9.49. The van der Waals surface area contributed by atoms with E-state index in [1.54, 1.807) is 54.5 Å². The summed E-state index contributed by atoms with van der Waals surface area (Å²) in [4.78, 5) is 44.7. The molecular formula is C29H30N4O5. The summed E-state index contributed by atoms with van der Waals surface area (Å²) in [6.45, 7) is 6.40. The van der Waals surface area contributed by atoms with Crippen molar-refractivity contribution < 1.29 is 14.5 Å². The van der Waals surface area contributed by atoms with Crippen LogP contribution in [0, 0.1) is 16.0 Å². The maximum absolute atomic E-state index is 13.8. The van der Waals surface area contributed by atoms with Crippen LogP contribution in [0.25, 0.3) is 16.6 Å². The van der Waals surface area contributed by atoms with E-state index in [9.17, 15) is 19.7 Å². The summed E-state index contributed by atoms with van der Waals surface area (Å²) in [6, 6.07) is 19.2. The van der Waals surface area contributed by atoms with E-state index in [2.05, 4.69) is 13.8 Å². The first-order valence-corrected chi connectivity index (χ1v) is 12.4. The highest BCUT2D eigenvalue weighted by Gasteiger charge is 2.28. The molecular weight excluding hydrogens is 484 g/mol. The zero-order chi connectivity index (χ0) is 27.4. The molecule has 9 heteroatoms. The number of methoxy groups -OCH3 is 1. The van der Waals surface area contributed by atoms with Crippen molar-refractivity contribution in [3.05, 3.63) is 105 Å². The summed E-state index contributed by atoms with van der Waals surface area (Å²) in [5.41, 5.74) is 1.13. The number of aromatic nitrogens is 2. The third kappa shape index (κ3) is 5.41. The molecule has 0 bridgehead atoms. The Morgan fingerprint density at radius 1 is 1.03 bits per heavy atom. The molecule has 1 heterocycles. The van der Waals surface area contributed by atoms with Gasteiger partial charge < -0.3 is 9.64 Å². The Balaban J connectivity index is 1.86. The Morgan fingerprint density at radius 2 is 1.68 bits per heavy atom. The SMILES string of the molecule is COc1ccc(-n2c(C(C)N(CCC(C)C)C(=O)c3ccc([N+](=O)[O-])cc3)nc3ccccc3c2=O)cc1. The highest BCUT2D eigenvalue weighted by atomic mass is 16.6.